The van der Waals surface area contributed by atoms with E-state index in [1.54, 1.807) is 18.4 Å². The van der Waals surface area contributed by atoms with Gasteiger partial charge in [-0.05, 0) is 35.7 Å². The number of fused-ring (bicyclic) bond motifs is 1. The molecule has 3 aromatic rings. The molecule has 0 bridgehead atoms. The number of nitrogens with zero attached hydrogens (tertiary/aromatic N) is 1. The summed E-state index contributed by atoms with van der Waals surface area (Å²) in [7, 11) is 1.68. The van der Waals surface area contributed by atoms with Crippen LogP contribution in [0.5, 0.6) is 5.75 Å². The monoisotopic (exact) mass is 276 g/mol. The van der Waals surface area contributed by atoms with Gasteiger partial charge in [-0.3, -0.25) is 0 Å². The van der Waals surface area contributed by atoms with Crippen molar-refractivity contribution in [2.24, 2.45) is 0 Å². The molecule has 0 fully saturated rings. The zero-order valence-electron chi connectivity index (χ0n) is 10.6. The Bertz CT molecular complexity index is 654. The molecule has 0 aliphatic carbocycles. The zero-order chi connectivity index (χ0) is 11.7. The highest BCUT2D eigenvalue weighted by Crippen LogP contribution is 2.26. The predicted octanol–water partition coefficient (Wildman–Crippen LogP) is 3.31. The highest BCUT2D eigenvalue weighted by Gasteiger charge is 2.03. The quantitative estimate of drug-likeness (QED) is 0.778. The van der Waals surface area contributed by atoms with Crippen LogP contribution < -0.4 is 10.9 Å². The number of ether oxygens (including phenoxy) is 1. The van der Waals surface area contributed by atoms with Crippen molar-refractivity contribution in [3.05, 3.63) is 47.8 Å². The molecule has 2 aromatic heterocycles. The van der Waals surface area contributed by atoms with Gasteiger partial charge in [0.2, 0.25) is 0 Å². The first-order valence-electron chi connectivity index (χ1n) is 5.35. The average Bonchev–Trinajstić information content (AvgIpc) is 2.91. The molecule has 0 spiro atoms. The van der Waals surface area contributed by atoms with E-state index in [4.69, 9.17) is 4.74 Å². The molecule has 0 atom stereocenters. The molecule has 4 nitrogen and oxygen atoms in total. The first kappa shape index (κ1) is 15.1. The molecule has 100 valence electrons. The van der Waals surface area contributed by atoms with Gasteiger partial charge in [-0.15, -0.1) is 11.3 Å². The molecule has 0 unspecified atom stereocenters. The standard InChI is InChI=1S/C14H11NOS.H3N.H2O/c1-16-11-5-7-12-10(9-11)4-6-13(15-12)14-3-2-8-17-14;;/h2-9H,1H3;1H3;1H2. The molecular weight excluding hydrogens is 260 g/mol. The molecule has 3 rings (SSSR count). The molecule has 0 saturated carbocycles. The Hall–Kier alpha value is -1.95. The number of aromatic nitrogens is 1. The molecule has 0 aliphatic rings. The summed E-state index contributed by atoms with van der Waals surface area (Å²) in [4.78, 5) is 5.84. The summed E-state index contributed by atoms with van der Waals surface area (Å²) in [6, 6.07) is 14.2. The van der Waals surface area contributed by atoms with Crippen molar-refractivity contribution in [1.82, 2.24) is 11.1 Å². The van der Waals surface area contributed by atoms with Crippen molar-refractivity contribution in [3.63, 3.8) is 0 Å². The van der Waals surface area contributed by atoms with Crippen LogP contribution in [0.4, 0.5) is 0 Å². The summed E-state index contributed by atoms with van der Waals surface area (Å²) < 4.78 is 5.20. The fourth-order valence-corrected chi connectivity index (χ4v) is 2.49. The number of benzene rings is 1. The highest BCUT2D eigenvalue weighted by atomic mass is 32.1. The van der Waals surface area contributed by atoms with Gasteiger partial charge >= 0.3 is 0 Å². The lowest BCUT2D eigenvalue weighted by Gasteiger charge is -2.03. The Balaban J connectivity index is 0.000000902. The van der Waals surface area contributed by atoms with Crippen molar-refractivity contribution in [2.45, 2.75) is 0 Å². The number of pyridine rings is 1. The summed E-state index contributed by atoms with van der Waals surface area (Å²) >= 11 is 1.71. The minimum atomic E-state index is 0. The van der Waals surface area contributed by atoms with Crippen molar-refractivity contribution in [2.75, 3.05) is 7.11 Å². The Kier molecular flexibility index (Phi) is 5.00. The van der Waals surface area contributed by atoms with Gasteiger partial charge in [-0.25, -0.2) is 4.98 Å². The number of methoxy groups -OCH3 is 1. The van der Waals surface area contributed by atoms with E-state index in [2.05, 4.69) is 22.5 Å². The zero-order valence-corrected chi connectivity index (χ0v) is 11.4. The van der Waals surface area contributed by atoms with Gasteiger partial charge in [-0.1, -0.05) is 12.1 Å². The summed E-state index contributed by atoms with van der Waals surface area (Å²) in [5.74, 6) is 0.864. The van der Waals surface area contributed by atoms with Crippen molar-refractivity contribution in [3.8, 4) is 16.3 Å². The van der Waals surface area contributed by atoms with Crippen molar-refractivity contribution in [1.29, 1.82) is 0 Å². The molecule has 0 amide bonds. The Morgan fingerprint density at radius 1 is 1.11 bits per heavy atom. The van der Waals surface area contributed by atoms with Crippen LogP contribution in [0.25, 0.3) is 21.5 Å². The SMILES string of the molecule is COc1ccc2nc(-c3cccs3)ccc2c1.N.O. The molecular formula is C14H16N2O2S. The Morgan fingerprint density at radius 2 is 1.95 bits per heavy atom. The van der Waals surface area contributed by atoms with Crippen molar-refractivity contribution < 1.29 is 10.2 Å². The molecule has 5 N–H and O–H groups in total. The largest absolute Gasteiger partial charge is 0.497 e. The third-order valence-electron chi connectivity index (χ3n) is 2.67. The van der Waals surface area contributed by atoms with Crippen LogP contribution in [-0.4, -0.2) is 17.6 Å². The van der Waals surface area contributed by atoms with Crippen LogP contribution >= 0.6 is 11.3 Å². The van der Waals surface area contributed by atoms with E-state index < -0.39 is 0 Å². The summed E-state index contributed by atoms with van der Waals surface area (Å²) in [5, 5.41) is 3.17. The van der Waals surface area contributed by atoms with Crippen LogP contribution in [0.15, 0.2) is 47.8 Å². The lowest BCUT2D eigenvalue weighted by molar-refractivity contribution is 0.415. The molecule has 0 saturated heterocycles. The average molecular weight is 276 g/mol. The maximum absolute atomic E-state index is 5.20. The van der Waals surface area contributed by atoms with Crippen LogP contribution in [0.3, 0.4) is 0 Å². The highest BCUT2D eigenvalue weighted by molar-refractivity contribution is 7.13. The Morgan fingerprint density at radius 3 is 2.63 bits per heavy atom. The van der Waals surface area contributed by atoms with Gasteiger partial charge in [0.1, 0.15) is 5.75 Å². The topological polar surface area (TPSA) is 88.6 Å². The van der Waals surface area contributed by atoms with E-state index in [9.17, 15) is 0 Å². The molecule has 0 radical (unpaired) electrons. The van der Waals surface area contributed by atoms with Crippen LogP contribution in [0.2, 0.25) is 0 Å². The lowest BCUT2D eigenvalue weighted by Crippen LogP contribution is -1.85. The molecule has 2 heterocycles. The third-order valence-corrected chi connectivity index (χ3v) is 3.56. The summed E-state index contributed by atoms with van der Waals surface area (Å²) in [6.07, 6.45) is 0. The number of hydrogen-bond acceptors (Lipinski definition) is 4. The first-order valence-corrected chi connectivity index (χ1v) is 6.23. The number of thiophene rings is 1. The van der Waals surface area contributed by atoms with Crippen LogP contribution in [0, 0.1) is 0 Å². The smallest absolute Gasteiger partial charge is 0.119 e. The van der Waals surface area contributed by atoms with E-state index in [0.29, 0.717) is 0 Å². The van der Waals surface area contributed by atoms with Gasteiger partial charge in [0.15, 0.2) is 0 Å². The van der Waals surface area contributed by atoms with Crippen molar-refractivity contribution >= 4 is 22.2 Å². The molecule has 19 heavy (non-hydrogen) atoms. The fourth-order valence-electron chi connectivity index (χ4n) is 1.79. The maximum atomic E-state index is 5.20. The predicted molar refractivity (Wildman–Crippen MR) is 80.2 cm³/mol. The van der Waals surface area contributed by atoms with E-state index in [-0.39, 0.29) is 11.6 Å². The minimum Gasteiger partial charge on any atom is -0.497 e. The lowest BCUT2D eigenvalue weighted by atomic mass is 10.2. The molecule has 1 aromatic carbocycles. The van der Waals surface area contributed by atoms with Gasteiger partial charge in [-0.2, -0.15) is 0 Å². The first-order chi connectivity index (χ1) is 8.36. The van der Waals surface area contributed by atoms with Gasteiger partial charge in [0.25, 0.3) is 0 Å². The molecule has 5 heteroatoms. The van der Waals surface area contributed by atoms with Gasteiger partial charge in [0, 0.05) is 5.39 Å². The van der Waals surface area contributed by atoms with Gasteiger partial charge in [0.05, 0.1) is 23.2 Å². The van der Waals surface area contributed by atoms with E-state index in [1.165, 1.54) is 4.88 Å². The summed E-state index contributed by atoms with van der Waals surface area (Å²) in [6.45, 7) is 0. The normalized spacial score (nSPS) is 9.53. The second-order valence-electron chi connectivity index (χ2n) is 3.73. The van der Waals surface area contributed by atoms with Gasteiger partial charge < -0.3 is 16.4 Å². The maximum Gasteiger partial charge on any atom is 0.119 e. The second-order valence-corrected chi connectivity index (χ2v) is 4.68. The fraction of sp³-hybridized carbons (Fsp3) is 0.0714. The third kappa shape index (κ3) is 2.90. The van der Waals surface area contributed by atoms with E-state index >= 15 is 0 Å². The summed E-state index contributed by atoms with van der Waals surface area (Å²) in [5.41, 5.74) is 2.02. The van der Waals surface area contributed by atoms with Crippen LogP contribution in [-0.2, 0) is 0 Å². The Labute approximate surface area is 115 Å². The van der Waals surface area contributed by atoms with E-state index in [1.807, 2.05) is 30.3 Å². The molecule has 0 aliphatic heterocycles. The number of hydrogen-bond donors (Lipinski definition) is 1. The second kappa shape index (κ2) is 6.29. The van der Waals surface area contributed by atoms with Crippen LogP contribution in [0.1, 0.15) is 0 Å². The number of rotatable bonds is 2. The minimum absolute atomic E-state index is 0. The van der Waals surface area contributed by atoms with E-state index in [0.717, 1.165) is 22.3 Å².